The van der Waals surface area contributed by atoms with Crippen LogP contribution in [0.2, 0.25) is 0 Å². The smallest absolute Gasteiger partial charge is 0.416 e. The Labute approximate surface area is 96.1 Å². The first-order valence-electron chi connectivity index (χ1n) is 4.69. The van der Waals surface area contributed by atoms with Crippen LogP contribution in [0.3, 0.4) is 0 Å². The first kappa shape index (κ1) is 13.3. The van der Waals surface area contributed by atoms with Crippen molar-refractivity contribution < 1.29 is 27.4 Å². The number of alkyl halides is 3. The minimum Gasteiger partial charge on any atom is -0.497 e. The SMILES string of the molecule is COC(=O)Cc1cc(OC)ccc1C(F)(F)F. The van der Waals surface area contributed by atoms with Crippen LogP contribution in [0.1, 0.15) is 11.1 Å². The third-order valence-corrected chi connectivity index (χ3v) is 2.18. The molecular weight excluding hydrogens is 237 g/mol. The first-order valence-corrected chi connectivity index (χ1v) is 4.69. The lowest BCUT2D eigenvalue weighted by Gasteiger charge is -2.13. The molecule has 0 aromatic heterocycles. The number of hydrogen-bond acceptors (Lipinski definition) is 3. The summed E-state index contributed by atoms with van der Waals surface area (Å²) in [7, 11) is 2.46. The average molecular weight is 248 g/mol. The van der Waals surface area contributed by atoms with E-state index in [-0.39, 0.29) is 11.3 Å². The molecule has 0 saturated heterocycles. The molecule has 94 valence electrons. The highest BCUT2D eigenvalue weighted by Crippen LogP contribution is 2.34. The van der Waals surface area contributed by atoms with Gasteiger partial charge in [-0.05, 0) is 23.8 Å². The second kappa shape index (κ2) is 5.07. The van der Waals surface area contributed by atoms with E-state index in [1.165, 1.54) is 19.2 Å². The molecule has 0 N–H and O–H groups in total. The topological polar surface area (TPSA) is 35.5 Å². The van der Waals surface area contributed by atoms with Crippen molar-refractivity contribution in [3.05, 3.63) is 29.3 Å². The van der Waals surface area contributed by atoms with Gasteiger partial charge in [0.1, 0.15) is 5.75 Å². The predicted octanol–water partition coefficient (Wildman–Crippen LogP) is 2.43. The zero-order valence-electron chi connectivity index (χ0n) is 9.30. The minimum absolute atomic E-state index is 0.163. The number of carbonyl (C=O) groups is 1. The summed E-state index contributed by atoms with van der Waals surface area (Å²) in [5.41, 5.74) is -1.02. The highest BCUT2D eigenvalue weighted by Gasteiger charge is 2.33. The summed E-state index contributed by atoms with van der Waals surface area (Å²) in [6.45, 7) is 0. The van der Waals surface area contributed by atoms with E-state index in [4.69, 9.17) is 4.74 Å². The molecule has 0 bridgehead atoms. The maximum atomic E-state index is 12.6. The van der Waals surface area contributed by atoms with Crippen molar-refractivity contribution >= 4 is 5.97 Å². The standard InChI is InChI=1S/C11H11F3O3/c1-16-8-3-4-9(11(12,13)14)7(5-8)6-10(15)17-2/h3-5H,6H2,1-2H3. The zero-order valence-corrected chi connectivity index (χ0v) is 9.30. The second-order valence-corrected chi connectivity index (χ2v) is 3.27. The Morgan fingerprint density at radius 1 is 1.29 bits per heavy atom. The van der Waals surface area contributed by atoms with E-state index in [2.05, 4.69) is 4.74 Å². The van der Waals surface area contributed by atoms with Crippen molar-refractivity contribution in [3.8, 4) is 5.75 Å². The number of benzene rings is 1. The Hall–Kier alpha value is -1.72. The van der Waals surface area contributed by atoms with Gasteiger partial charge in [0.05, 0.1) is 26.2 Å². The van der Waals surface area contributed by atoms with Crippen molar-refractivity contribution in [2.75, 3.05) is 14.2 Å². The first-order chi connectivity index (χ1) is 7.88. The molecule has 0 atom stereocenters. The van der Waals surface area contributed by atoms with E-state index < -0.39 is 24.1 Å². The number of rotatable bonds is 3. The summed E-state index contributed by atoms with van der Waals surface area (Å²) >= 11 is 0. The van der Waals surface area contributed by atoms with E-state index in [0.717, 1.165) is 13.2 Å². The maximum Gasteiger partial charge on any atom is 0.416 e. The quantitative estimate of drug-likeness (QED) is 0.771. The van der Waals surface area contributed by atoms with Gasteiger partial charge >= 0.3 is 12.1 Å². The van der Waals surface area contributed by atoms with Crippen LogP contribution >= 0.6 is 0 Å². The molecule has 0 heterocycles. The normalized spacial score (nSPS) is 11.1. The van der Waals surface area contributed by atoms with E-state index >= 15 is 0 Å². The Kier molecular flexibility index (Phi) is 3.98. The van der Waals surface area contributed by atoms with Crippen molar-refractivity contribution in [1.29, 1.82) is 0 Å². The molecule has 0 aliphatic rings. The van der Waals surface area contributed by atoms with Crippen LogP contribution in [0.4, 0.5) is 13.2 Å². The molecule has 0 fully saturated rings. The van der Waals surface area contributed by atoms with Crippen LogP contribution < -0.4 is 4.74 Å². The van der Waals surface area contributed by atoms with Gasteiger partial charge in [0.2, 0.25) is 0 Å². The van der Waals surface area contributed by atoms with Crippen LogP contribution in [0.5, 0.6) is 5.75 Å². The van der Waals surface area contributed by atoms with Crippen molar-refractivity contribution in [2.45, 2.75) is 12.6 Å². The fraction of sp³-hybridized carbons (Fsp3) is 0.364. The van der Waals surface area contributed by atoms with E-state index in [1.54, 1.807) is 0 Å². The van der Waals surface area contributed by atoms with Gasteiger partial charge < -0.3 is 9.47 Å². The Balaban J connectivity index is 3.16. The fourth-order valence-electron chi connectivity index (χ4n) is 1.35. The van der Waals surface area contributed by atoms with Crippen LogP contribution in [-0.4, -0.2) is 20.2 Å². The Morgan fingerprint density at radius 2 is 1.94 bits per heavy atom. The second-order valence-electron chi connectivity index (χ2n) is 3.27. The van der Waals surface area contributed by atoms with Gasteiger partial charge in [-0.2, -0.15) is 13.2 Å². The molecule has 0 radical (unpaired) electrons. The number of halogens is 3. The summed E-state index contributed by atoms with van der Waals surface area (Å²) in [5.74, 6) is -0.472. The number of methoxy groups -OCH3 is 2. The summed E-state index contributed by atoms with van der Waals surface area (Å²) in [4.78, 5) is 11.0. The highest BCUT2D eigenvalue weighted by atomic mass is 19.4. The number of ether oxygens (including phenoxy) is 2. The molecule has 1 aromatic rings. The van der Waals surface area contributed by atoms with Crippen LogP contribution in [-0.2, 0) is 22.1 Å². The monoisotopic (exact) mass is 248 g/mol. The fourth-order valence-corrected chi connectivity index (χ4v) is 1.35. The van der Waals surface area contributed by atoms with Crippen LogP contribution in [0, 0.1) is 0 Å². The van der Waals surface area contributed by atoms with Crippen molar-refractivity contribution in [2.24, 2.45) is 0 Å². The van der Waals surface area contributed by atoms with Gasteiger partial charge in [0.25, 0.3) is 0 Å². The molecule has 0 unspecified atom stereocenters. The molecule has 17 heavy (non-hydrogen) atoms. The summed E-state index contributed by atoms with van der Waals surface area (Å²) in [6, 6.07) is 3.26. The minimum atomic E-state index is -4.50. The lowest BCUT2D eigenvalue weighted by molar-refractivity contribution is -0.141. The average Bonchev–Trinajstić information content (AvgIpc) is 2.27. The predicted molar refractivity (Wildman–Crippen MR) is 53.7 cm³/mol. The summed E-state index contributed by atoms with van der Waals surface area (Å²) < 4.78 is 47.1. The van der Waals surface area contributed by atoms with Crippen molar-refractivity contribution in [1.82, 2.24) is 0 Å². The van der Waals surface area contributed by atoms with Crippen molar-refractivity contribution in [3.63, 3.8) is 0 Å². The molecule has 0 aliphatic carbocycles. The van der Waals surface area contributed by atoms with Gasteiger partial charge in [-0.25, -0.2) is 0 Å². The lowest BCUT2D eigenvalue weighted by atomic mass is 10.0. The molecule has 6 heteroatoms. The molecule has 0 saturated carbocycles. The van der Waals surface area contributed by atoms with Gasteiger partial charge in [0.15, 0.2) is 0 Å². The van der Waals surface area contributed by atoms with Gasteiger partial charge in [-0.15, -0.1) is 0 Å². The molecule has 0 spiro atoms. The van der Waals surface area contributed by atoms with E-state index in [1.807, 2.05) is 0 Å². The Morgan fingerprint density at radius 3 is 2.41 bits per heavy atom. The van der Waals surface area contributed by atoms with Gasteiger partial charge in [-0.3, -0.25) is 4.79 Å². The number of esters is 1. The maximum absolute atomic E-state index is 12.6. The van der Waals surface area contributed by atoms with E-state index in [0.29, 0.717) is 0 Å². The molecule has 3 nitrogen and oxygen atoms in total. The number of carbonyl (C=O) groups excluding carboxylic acids is 1. The molecular formula is C11H11F3O3. The Bertz CT molecular complexity index is 413. The molecule has 0 amide bonds. The van der Waals surface area contributed by atoms with Crippen LogP contribution in [0.15, 0.2) is 18.2 Å². The zero-order chi connectivity index (χ0) is 13.1. The van der Waals surface area contributed by atoms with Gasteiger partial charge in [-0.1, -0.05) is 0 Å². The highest BCUT2D eigenvalue weighted by molar-refractivity contribution is 5.73. The summed E-state index contributed by atoms with van der Waals surface area (Å²) in [5, 5.41) is 0. The van der Waals surface area contributed by atoms with Gasteiger partial charge in [0, 0.05) is 0 Å². The lowest BCUT2D eigenvalue weighted by Crippen LogP contribution is -2.13. The van der Waals surface area contributed by atoms with Crippen LogP contribution in [0.25, 0.3) is 0 Å². The molecule has 1 rings (SSSR count). The summed E-state index contributed by atoms with van der Waals surface area (Å²) in [6.07, 6.45) is -4.95. The van der Waals surface area contributed by atoms with E-state index in [9.17, 15) is 18.0 Å². The third kappa shape index (κ3) is 3.37. The molecule has 1 aromatic carbocycles. The molecule has 0 aliphatic heterocycles. The third-order valence-electron chi connectivity index (χ3n) is 2.18. The number of hydrogen-bond donors (Lipinski definition) is 0. The largest absolute Gasteiger partial charge is 0.497 e.